The van der Waals surface area contributed by atoms with Gasteiger partial charge in [0, 0.05) is 30.1 Å². The van der Waals surface area contributed by atoms with Gasteiger partial charge in [-0.05, 0) is 30.3 Å². The molecule has 0 bridgehead atoms. The molecule has 0 saturated carbocycles. The highest BCUT2D eigenvalue weighted by Gasteiger charge is 2.28. The van der Waals surface area contributed by atoms with Gasteiger partial charge in [0.2, 0.25) is 5.88 Å². The van der Waals surface area contributed by atoms with Crippen LogP contribution in [0.15, 0.2) is 54.6 Å². The van der Waals surface area contributed by atoms with E-state index < -0.39 is 0 Å². The van der Waals surface area contributed by atoms with Crippen molar-refractivity contribution in [2.24, 2.45) is 0 Å². The number of pyridine rings is 1. The van der Waals surface area contributed by atoms with Crippen LogP contribution in [0.25, 0.3) is 10.9 Å². The van der Waals surface area contributed by atoms with Crippen molar-refractivity contribution in [1.29, 1.82) is 0 Å². The zero-order valence-corrected chi connectivity index (χ0v) is 15.9. The van der Waals surface area contributed by atoms with Gasteiger partial charge in [0.1, 0.15) is 6.10 Å². The first-order valence-corrected chi connectivity index (χ1v) is 9.37. The van der Waals surface area contributed by atoms with Gasteiger partial charge in [0.25, 0.3) is 0 Å². The molecule has 2 heterocycles. The zero-order valence-electron chi connectivity index (χ0n) is 14.4. The first-order valence-electron chi connectivity index (χ1n) is 8.62. The summed E-state index contributed by atoms with van der Waals surface area (Å²) < 4.78 is 5.98. The topological polar surface area (TPSA) is 54.5 Å². The van der Waals surface area contributed by atoms with Crippen LogP contribution >= 0.6 is 23.2 Å². The van der Waals surface area contributed by atoms with Crippen molar-refractivity contribution < 1.29 is 9.53 Å². The van der Waals surface area contributed by atoms with Crippen LogP contribution in [-0.4, -0.2) is 35.1 Å². The molecular weight excluding hydrogens is 385 g/mol. The Hall–Kier alpha value is -2.50. The number of aromatic nitrogens is 1. The Labute approximate surface area is 166 Å². The van der Waals surface area contributed by atoms with Gasteiger partial charge >= 0.3 is 6.03 Å². The molecular formula is C20H17Cl2N3O2. The van der Waals surface area contributed by atoms with E-state index in [-0.39, 0.29) is 12.1 Å². The minimum atomic E-state index is -0.189. The number of hydrogen-bond donors (Lipinski definition) is 1. The minimum Gasteiger partial charge on any atom is -0.472 e. The van der Waals surface area contributed by atoms with E-state index in [2.05, 4.69) is 10.3 Å². The molecule has 1 atom stereocenters. The fourth-order valence-corrected chi connectivity index (χ4v) is 3.37. The van der Waals surface area contributed by atoms with Crippen LogP contribution in [0.5, 0.6) is 5.88 Å². The first-order chi connectivity index (χ1) is 13.1. The molecule has 1 aromatic heterocycles. The van der Waals surface area contributed by atoms with Crippen molar-refractivity contribution in [2.75, 3.05) is 18.4 Å². The molecule has 1 aliphatic heterocycles. The lowest BCUT2D eigenvalue weighted by Gasteiger charge is -2.18. The second-order valence-electron chi connectivity index (χ2n) is 6.38. The van der Waals surface area contributed by atoms with E-state index in [0.717, 1.165) is 17.3 Å². The Morgan fingerprint density at radius 2 is 1.96 bits per heavy atom. The maximum atomic E-state index is 12.5. The summed E-state index contributed by atoms with van der Waals surface area (Å²) in [5.74, 6) is 0.574. The summed E-state index contributed by atoms with van der Waals surface area (Å²) in [5.41, 5.74) is 1.50. The highest BCUT2D eigenvalue weighted by Crippen LogP contribution is 2.26. The molecule has 1 unspecified atom stereocenters. The fourth-order valence-electron chi connectivity index (χ4n) is 3.07. The highest BCUT2D eigenvalue weighted by molar-refractivity contribution is 6.42. The van der Waals surface area contributed by atoms with Crippen molar-refractivity contribution >= 4 is 45.8 Å². The molecule has 7 heteroatoms. The zero-order chi connectivity index (χ0) is 18.8. The number of likely N-dealkylation sites (tertiary alicyclic amines) is 1. The number of nitrogens with zero attached hydrogens (tertiary/aromatic N) is 2. The van der Waals surface area contributed by atoms with E-state index >= 15 is 0 Å². The maximum absolute atomic E-state index is 12.5. The third kappa shape index (κ3) is 4.10. The number of fused-ring (bicyclic) bond motifs is 1. The van der Waals surface area contributed by atoms with Crippen LogP contribution in [0, 0.1) is 0 Å². The van der Waals surface area contributed by atoms with E-state index in [0.29, 0.717) is 34.7 Å². The SMILES string of the molecule is O=C(Nc1ccc(Cl)c(Cl)c1)N1CCC(Oc2ccc3ccccc3n2)C1. The van der Waals surface area contributed by atoms with Crippen LogP contribution < -0.4 is 10.1 Å². The molecule has 3 aromatic rings. The maximum Gasteiger partial charge on any atom is 0.321 e. The molecule has 1 aliphatic rings. The second-order valence-corrected chi connectivity index (χ2v) is 7.19. The molecule has 1 fully saturated rings. The molecule has 2 aromatic carbocycles. The number of benzene rings is 2. The van der Waals surface area contributed by atoms with E-state index in [4.69, 9.17) is 27.9 Å². The molecule has 27 heavy (non-hydrogen) atoms. The average molecular weight is 402 g/mol. The lowest BCUT2D eigenvalue weighted by Crippen LogP contribution is -2.34. The third-order valence-corrected chi connectivity index (χ3v) is 5.20. The number of rotatable bonds is 3. The van der Waals surface area contributed by atoms with E-state index in [1.165, 1.54) is 0 Å². The number of hydrogen-bond acceptors (Lipinski definition) is 3. The van der Waals surface area contributed by atoms with Crippen LogP contribution in [-0.2, 0) is 0 Å². The van der Waals surface area contributed by atoms with Gasteiger partial charge in [-0.15, -0.1) is 0 Å². The normalized spacial score (nSPS) is 16.5. The smallest absolute Gasteiger partial charge is 0.321 e. The van der Waals surface area contributed by atoms with Crippen LogP contribution in [0.2, 0.25) is 10.0 Å². The molecule has 5 nitrogen and oxygen atoms in total. The molecule has 2 amide bonds. The standard InChI is InChI=1S/C20H17Cl2N3O2/c21-16-7-6-14(11-17(16)22)23-20(26)25-10-9-15(12-25)27-19-8-5-13-3-1-2-4-18(13)24-19/h1-8,11,15H,9-10,12H2,(H,23,26). The van der Waals surface area contributed by atoms with Crippen molar-refractivity contribution in [3.63, 3.8) is 0 Å². The summed E-state index contributed by atoms with van der Waals surface area (Å²) in [6, 6.07) is 16.6. The fraction of sp³-hybridized carbons (Fsp3) is 0.200. The first kappa shape index (κ1) is 17.9. The predicted molar refractivity (Wildman–Crippen MR) is 108 cm³/mol. The average Bonchev–Trinajstić information content (AvgIpc) is 3.13. The van der Waals surface area contributed by atoms with Gasteiger partial charge < -0.3 is 15.0 Å². The number of amides is 2. The molecule has 4 rings (SSSR count). The number of para-hydroxylation sites is 1. The molecule has 0 spiro atoms. The van der Waals surface area contributed by atoms with Gasteiger partial charge in [-0.1, -0.05) is 41.4 Å². The predicted octanol–water partition coefficient (Wildman–Crippen LogP) is 5.23. The quantitative estimate of drug-likeness (QED) is 0.653. The van der Waals surface area contributed by atoms with Gasteiger partial charge in [0.15, 0.2) is 0 Å². The lowest BCUT2D eigenvalue weighted by atomic mass is 10.2. The van der Waals surface area contributed by atoms with E-state index in [1.54, 1.807) is 23.1 Å². The largest absolute Gasteiger partial charge is 0.472 e. The number of halogens is 2. The van der Waals surface area contributed by atoms with Crippen molar-refractivity contribution in [3.05, 3.63) is 64.6 Å². The molecule has 0 aliphatic carbocycles. The summed E-state index contributed by atoms with van der Waals surface area (Å²) in [6.45, 7) is 1.12. The van der Waals surface area contributed by atoms with Crippen LogP contribution in [0.4, 0.5) is 10.5 Å². The summed E-state index contributed by atoms with van der Waals surface area (Å²) >= 11 is 11.9. The number of nitrogens with one attached hydrogen (secondary N) is 1. The number of carbonyl (C=O) groups is 1. The number of ether oxygens (including phenoxy) is 1. The van der Waals surface area contributed by atoms with Gasteiger partial charge in [-0.2, -0.15) is 0 Å². The molecule has 0 radical (unpaired) electrons. The van der Waals surface area contributed by atoms with E-state index in [9.17, 15) is 4.79 Å². The summed E-state index contributed by atoms with van der Waals surface area (Å²) in [6.07, 6.45) is 0.668. The summed E-state index contributed by atoms with van der Waals surface area (Å²) in [7, 11) is 0. The third-order valence-electron chi connectivity index (χ3n) is 4.46. The highest BCUT2D eigenvalue weighted by atomic mass is 35.5. The van der Waals surface area contributed by atoms with Gasteiger partial charge in [-0.25, -0.2) is 9.78 Å². The Kier molecular flexibility index (Phi) is 5.05. The Morgan fingerprint density at radius 3 is 2.81 bits per heavy atom. The summed E-state index contributed by atoms with van der Waals surface area (Å²) in [5, 5.41) is 4.76. The lowest BCUT2D eigenvalue weighted by molar-refractivity contribution is 0.190. The van der Waals surface area contributed by atoms with Crippen molar-refractivity contribution in [3.8, 4) is 5.88 Å². The van der Waals surface area contributed by atoms with Crippen molar-refractivity contribution in [2.45, 2.75) is 12.5 Å². The molecule has 1 saturated heterocycles. The Bertz CT molecular complexity index is 996. The number of urea groups is 1. The van der Waals surface area contributed by atoms with Gasteiger partial charge in [-0.3, -0.25) is 0 Å². The van der Waals surface area contributed by atoms with E-state index in [1.807, 2.05) is 36.4 Å². The number of carbonyl (C=O) groups excluding carboxylic acids is 1. The molecule has 138 valence electrons. The summed E-state index contributed by atoms with van der Waals surface area (Å²) in [4.78, 5) is 18.7. The monoisotopic (exact) mass is 401 g/mol. The van der Waals surface area contributed by atoms with Gasteiger partial charge in [0.05, 0.1) is 22.1 Å². The van der Waals surface area contributed by atoms with Crippen molar-refractivity contribution in [1.82, 2.24) is 9.88 Å². The van der Waals surface area contributed by atoms with Crippen LogP contribution in [0.3, 0.4) is 0 Å². The Morgan fingerprint density at radius 1 is 1.11 bits per heavy atom. The van der Waals surface area contributed by atoms with Crippen LogP contribution in [0.1, 0.15) is 6.42 Å². The Balaban J connectivity index is 1.37. The minimum absolute atomic E-state index is 0.0850. The second kappa shape index (κ2) is 7.62. The number of anilines is 1. The molecule has 1 N–H and O–H groups in total.